The molecule has 6 heteroatoms. The fourth-order valence-electron chi connectivity index (χ4n) is 3.65. The van der Waals surface area contributed by atoms with Crippen LogP contribution in [-0.4, -0.2) is 33.4 Å². The third-order valence-electron chi connectivity index (χ3n) is 5.30. The summed E-state index contributed by atoms with van der Waals surface area (Å²) in [6.45, 7) is 4.17. The van der Waals surface area contributed by atoms with E-state index in [0.717, 1.165) is 35.8 Å². The van der Waals surface area contributed by atoms with Gasteiger partial charge in [0.15, 0.2) is 5.16 Å². The Morgan fingerprint density at radius 3 is 2.59 bits per heavy atom. The summed E-state index contributed by atoms with van der Waals surface area (Å²) in [4.78, 5) is 31.7. The second-order valence-corrected chi connectivity index (χ2v) is 8.42. The summed E-state index contributed by atoms with van der Waals surface area (Å²) in [6.07, 6.45) is 2.34. The molecule has 0 aliphatic carbocycles. The van der Waals surface area contributed by atoms with Gasteiger partial charge in [0.2, 0.25) is 5.91 Å². The van der Waals surface area contributed by atoms with Gasteiger partial charge in [0.25, 0.3) is 5.56 Å². The van der Waals surface area contributed by atoms with Gasteiger partial charge in [-0.05, 0) is 37.5 Å². The van der Waals surface area contributed by atoms with E-state index in [9.17, 15) is 9.59 Å². The molecule has 1 aliphatic rings. The zero-order valence-corrected chi connectivity index (χ0v) is 17.5. The lowest BCUT2D eigenvalue weighted by Gasteiger charge is -2.17. The molecule has 0 unspecified atom stereocenters. The third kappa shape index (κ3) is 4.53. The van der Waals surface area contributed by atoms with Gasteiger partial charge in [-0.15, -0.1) is 0 Å². The van der Waals surface area contributed by atoms with Gasteiger partial charge >= 0.3 is 0 Å². The number of carbonyl (C=O) groups excluding carboxylic acids is 1. The van der Waals surface area contributed by atoms with E-state index in [1.807, 2.05) is 29.2 Å². The molecule has 0 radical (unpaired) electrons. The maximum absolute atomic E-state index is 13.1. The van der Waals surface area contributed by atoms with E-state index >= 15 is 0 Å². The highest BCUT2D eigenvalue weighted by molar-refractivity contribution is 7.98. The van der Waals surface area contributed by atoms with Crippen LogP contribution >= 0.6 is 11.8 Å². The van der Waals surface area contributed by atoms with Crippen LogP contribution in [0.25, 0.3) is 10.9 Å². The zero-order valence-electron chi connectivity index (χ0n) is 16.6. The van der Waals surface area contributed by atoms with Gasteiger partial charge in [-0.3, -0.25) is 14.2 Å². The Hall–Kier alpha value is -2.60. The number of likely N-dealkylation sites (tertiary alicyclic amines) is 1. The molecule has 0 N–H and O–H groups in total. The number of para-hydroxylation sites is 1. The van der Waals surface area contributed by atoms with Crippen molar-refractivity contribution < 1.29 is 4.79 Å². The molecule has 0 atom stereocenters. The van der Waals surface area contributed by atoms with E-state index < -0.39 is 0 Å². The number of aryl methyl sites for hydroxylation is 1. The van der Waals surface area contributed by atoms with Crippen LogP contribution in [0.5, 0.6) is 0 Å². The number of nitrogens with zero attached hydrogens (tertiary/aromatic N) is 3. The Kier molecular flexibility index (Phi) is 6.00. The number of benzene rings is 2. The lowest BCUT2D eigenvalue weighted by molar-refractivity contribution is -0.127. The molecule has 4 rings (SSSR count). The molecule has 5 nitrogen and oxygen atoms in total. The van der Waals surface area contributed by atoms with Gasteiger partial charge in [-0.25, -0.2) is 4.98 Å². The summed E-state index contributed by atoms with van der Waals surface area (Å²) < 4.78 is 1.78. The summed E-state index contributed by atoms with van der Waals surface area (Å²) in [5.41, 5.74) is 3.16. The lowest BCUT2D eigenvalue weighted by atomic mass is 10.2. The van der Waals surface area contributed by atoms with Gasteiger partial charge in [0.05, 0.1) is 10.9 Å². The zero-order chi connectivity index (χ0) is 20.2. The molecule has 0 bridgehead atoms. The van der Waals surface area contributed by atoms with Crippen molar-refractivity contribution in [2.45, 2.75) is 43.6 Å². The van der Waals surface area contributed by atoms with E-state index in [0.29, 0.717) is 24.9 Å². The molecule has 1 saturated heterocycles. The van der Waals surface area contributed by atoms with Crippen LogP contribution in [0.1, 0.15) is 30.4 Å². The Morgan fingerprint density at radius 1 is 1.03 bits per heavy atom. The number of rotatable bonds is 7. The maximum Gasteiger partial charge on any atom is 0.262 e. The fourth-order valence-corrected chi connectivity index (χ4v) is 4.63. The summed E-state index contributed by atoms with van der Waals surface area (Å²) in [5.74, 6) is 0.985. The summed E-state index contributed by atoms with van der Waals surface area (Å²) >= 11 is 1.59. The van der Waals surface area contributed by atoms with Crippen molar-refractivity contribution in [1.82, 2.24) is 14.5 Å². The number of fused-ring (bicyclic) bond motifs is 1. The van der Waals surface area contributed by atoms with Crippen molar-refractivity contribution in [2.24, 2.45) is 0 Å². The average molecular weight is 408 g/mol. The van der Waals surface area contributed by atoms with Crippen LogP contribution in [0, 0.1) is 6.92 Å². The minimum absolute atomic E-state index is 0.00486. The predicted octanol–water partition coefficient (Wildman–Crippen LogP) is 4.01. The van der Waals surface area contributed by atoms with Crippen LogP contribution in [0.15, 0.2) is 58.5 Å². The molecule has 0 spiro atoms. The molecule has 1 fully saturated rings. The number of amides is 1. The molecular weight excluding hydrogens is 382 g/mol. The van der Waals surface area contributed by atoms with Crippen LogP contribution in [-0.2, 0) is 17.1 Å². The van der Waals surface area contributed by atoms with E-state index in [4.69, 9.17) is 4.98 Å². The Labute approximate surface area is 174 Å². The second kappa shape index (κ2) is 8.82. The highest BCUT2D eigenvalue weighted by atomic mass is 32.2. The highest BCUT2D eigenvalue weighted by Gasteiger charge is 2.19. The van der Waals surface area contributed by atoms with E-state index in [1.54, 1.807) is 16.3 Å². The number of carbonyl (C=O) groups is 1. The van der Waals surface area contributed by atoms with Crippen molar-refractivity contribution in [1.29, 1.82) is 0 Å². The largest absolute Gasteiger partial charge is 0.343 e. The van der Waals surface area contributed by atoms with Gasteiger partial charge in [0, 0.05) is 31.8 Å². The summed E-state index contributed by atoms with van der Waals surface area (Å²) in [7, 11) is 0. The SMILES string of the molecule is Cc1ccc(CSc2nc3ccccc3c(=O)n2CCCN2CCCC2=O)cc1. The molecule has 2 heterocycles. The minimum Gasteiger partial charge on any atom is -0.343 e. The molecule has 1 amide bonds. The minimum atomic E-state index is -0.00486. The molecule has 1 aromatic heterocycles. The van der Waals surface area contributed by atoms with Crippen molar-refractivity contribution in [3.63, 3.8) is 0 Å². The summed E-state index contributed by atoms with van der Waals surface area (Å²) in [6, 6.07) is 15.9. The number of hydrogen-bond donors (Lipinski definition) is 0. The summed E-state index contributed by atoms with van der Waals surface area (Å²) in [5, 5.41) is 1.38. The lowest BCUT2D eigenvalue weighted by Crippen LogP contribution is -2.29. The van der Waals surface area contributed by atoms with Crippen molar-refractivity contribution in [2.75, 3.05) is 13.1 Å². The third-order valence-corrected chi connectivity index (χ3v) is 6.34. The molecule has 3 aromatic rings. The molecule has 2 aromatic carbocycles. The topological polar surface area (TPSA) is 55.2 Å². The van der Waals surface area contributed by atoms with Gasteiger partial charge in [-0.2, -0.15) is 0 Å². The van der Waals surface area contributed by atoms with Crippen LogP contribution in [0.3, 0.4) is 0 Å². The smallest absolute Gasteiger partial charge is 0.262 e. The second-order valence-electron chi connectivity index (χ2n) is 7.48. The van der Waals surface area contributed by atoms with Gasteiger partial charge in [-0.1, -0.05) is 53.7 Å². The molecule has 1 aliphatic heterocycles. The molecule has 29 heavy (non-hydrogen) atoms. The van der Waals surface area contributed by atoms with Gasteiger partial charge < -0.3 is 4.90 Å². The quantitative estimate of drug-likeness (QED) is 0.439. The number of hydrogen-bond acceptors (Lipinski definition) is 4. The van der Waals surface area contributed by atoms with E-state index in [2.05, 4.69) is 31.2 Å². The van der Waals surface area contributed by atoms with Crippen molar-refractivity contribution in [3.8, 4) is 0 Å². The normalized spacial score (nSPS) is 14.1. The average Bonchev–Trinajstić information content (AvgIpc) is 3.14. The van der Waals surface area contributed by atoms with Crippen LogP contribution in [0.2, 0.25) is 0 Å². The van der Waals surface area contributed by atoms with Crippen LogP contribution < -0.4 is 5.56 Å². The van der Waals surface area contributed by atoms with Crippen molar-refractivity contribution in [3.05, 3.63) is 70.0 Å². The van der Waals surface area contributed by atoms with E-state index in [-0.39, 0.29) is 11.5 Å². The van der Waals surface area contributed by atoms with Crippen LogP contribution in [0.4, 0.5) is 0 Å². The molecule has 0 saturated carbocycles. The first-order valence-corrected chi connectivity index (χ1v) is 11.1. The fraction of sp³-hybridized carbons (Fsp3) is 0.348. The number of thioether (sulfide) groups is 1. The first-order chi connectivity index (χ1) is 14.1. The van der Waals surface area contributed by atoms with Crippen molar-refractivity contribution >= 4 is 28.6 Å². The first-order valence-electron chi connectivity index (χ1n) is 10.1. The van der Waals surface area contributed by atoms with Gasteiger partial charge in [0.1, 0.15) is 0 Å². The Balaban J connectivity index is 1.56. The monoisotopic (exact) mass is 407 g/mol. The predicted molar refractivity (Wildman–Crippen MR) is 117 cm³/mol. The molecule has 150 valence electrons. The Morgan fingerprint density at radius 2 is 1.83 bits per heavy atom. The Bertz CT molecular complexity index is 1080. The maximum atomic E-state index is 13.1. The van der Waals surface area contributed by atoms with E-state index in [1.165, 1.54) is 11.1 Å². The standard InChI is InChI=1S/C23H25N3O2S/c1-17-9-11-18(12-10-17)16-29-23-24-20-7-3-2-6-19(20)22(28)26(23)15-5-14-25-13-4-8-21(25)27/h2-3,6-7,9-12H,4-5,8,13-16H2,1H3. The molecular formula is C23H25N3O2S. The first kappa shape index (κ1) is 19.7. The highest BCUT2D eigenvalue weighted by Crippen LogP contribution is 2.23. The number of aromatic nitrogens is 2.